The Balaban J connectivity index is 2.51. The Kier molecular flexibility index (Phi) is 3.08. The highest BCUT2D eigenvalue weighted by molar-refractivity contribution is 5.02. The zero-order valence-electron chi connectivity index (χ0n) is 7.99. The Hall–Kier alpha value is -0.420. The lowest BCUT2D eigenvalue weighted by Gasteiger charge is -2.38. The Morgan fingerprint density at radius 2 is 1.85 bits per heavy atom. The molecule has 1 aliphatic rings. The molecule has 1 saturated heterocycles. The third-order valence-corrected chi connectivity index (χ3v) is 1.87. The van der Waals surface area contributed by atoms with E-state index in [0.29, 0.717) is 0 Å². The van der Waals surface area contributed by atoms with Gasteiger partial charge in [-0.05, 0) is 13.8 Å². The second-order valence-electron chi connectivity index (χ2n) is 3.67. The third kappa shape index (κ3) is 3.08. The molecule has 4 heteroatoms. The van der Waals surface area contributed by atoms with Crippen LogP contribution in [0.4, 0.5) is 0 Å². The lowest BCUT2D eigenvalue weighted by Crippen LogP contribution is -2.50. The molecule has 0 aromatic carbocycles. The maximum Gasteiger partial charge on any atom is 0.163 e. The monoisotopic (exact) mass is 188 g/mol. The molecule has 0 spiro atoms. The molecular weight excluding hydrogens is 172 g/mol. The van der Waals surface area contributed by atoms with E-state index in [9.17, 15) is 5.11 Å². The first-order chi connectivity index (χ1) is 5.97. The molecular formula is C9H16O4. The van der Waals surface area contributed by atoms with Crippen LogP contribution in [-0.4, -0.2) is 41.4 Å². The summed E-state index contributed by atoms with van der Waals surface area (Å²) in [5.41, 5.74) is -1.10. The molecule has 0 radical (unpaired) electrons. The predicted octanol–water partition coefficient (Wildman–Crippen LogP) is 0.0489. The largest absolute Gasteiger partial charge is 0.392 e. The summed E-state index contributed by atoms with van der Waals surface area (Å²) in [6, 6.07) is 0. The summed E-state index contributed by atoms with van der Waals surface area (Å²) in [4.78, 5) is 0. The lowest BCUT2D eigenvalue weighted by atomic mass is 10.0. The van der Waals surface area contributed by atoms with E-state index in [1.54, 1.807) is 13.8 Å². The minimum absolute atomic E-state index is 0.0916. The van der Waals surface area contributed by atoms with Crippen LogP contribution in [-0.2, 0) is 9.47 Å². The van der Waals surface area contributed by atoms with Crippen LogP contribution in [0.3, 0.4) is 0 Å². The third-order valence-electron chi connectivity index (χ3n) is 1.87. The van der Waals surface area contributed by atoms with Crippen molar-refractivity contribution in [1.29, 1.82) is 0 Å². The fraction of sp³-hybridized carbons (Fsp3) is 0.778. The van der Waals surface area contributed by atoms with Crippen molar-refractivity contribution in [2.75, 3.05) is 19.8 Å². The predicted molar refractivity (Wildman–Crippen MR) is 47.2 cm³/mol. The quantitative estimate of drug-likeness (QED) is 0.601. The van der Waals surface area contributed by atoms with E-state index in [1.165, 1.54) is 12.2 Å². The van der Waals surface area contributed by atoms with E-state index in [1.807, 2.05) is 0 Å². The molecule has 0 bridgehead atoms. The summed E-state index contributed by atoms with van der Waals surface area (Å²) in [6.45, 7) is 3.88. The summed E-state index contributed by atoms with van der Waals surface area (Å²) in [5, 5.41) is 18.3. The average Bonchev–Trinajstić information content (AvgIpc) is 2.08. The summed E-state index contributed by atoms with van der Waals surface area (Å²) in [5.74, 6) is -0.626. The van der Waals surface area contributed by atoms with Gasteiger partial charge in [-0.3, -0.25) is 0 Å². The van der Waals surface area contributed by atoms with Gasteiger partial charge in [0.2, 0.25) is 0 Å². The molecule has 1 rings (SSSR count). The first-order valence-corrected chi connectivity index (χ1v) is 4.26. The van der Waals surface area contributed by atoms with Crippen molar-refractivity contribution >= 4 is 0 Å². The second-order valence-corrected chi connectivity index (χ2v) is 3.67. The van der Waals surface area contributed by atoms with Crippen LogP contribution in [0, 0.1) is 0 Å². The van der Waals surface area contributed by atoms with Gasteiger partial charge in [0, 0.05) is 0 Å². The van der Waals surface area contributed by atoms with Crippen LogP contribution in [0.15, 0.2) is 12.2 Å². The van der Waals surface area contributed by atoms with Crippen molar-refractivity contribution in [1.82, 2.24) is 0 Å². The maximum atomic E-state index is 9.79. The highest BCUT2D eigenvalue weighted by atomic mass is 16.7. The highest BCUT2D eigenvalue weighted by Crippen LogP contribution is 2.23. The van der Waals surface area contributed by atoms with E-state index in [0.717, 1.165) is 0 Å². The molecule has 13 heavy (non-hydrogen) atoms. The number of hydrogen-bond donors (Lipinski definition) is 2. The number of rotatable bonds is 2. The van der Waals surface area contributed by atoms with Crippen molar-refractivity contribution in [3.8, 4) is 0 Å². The van der Waals surface area contributed by atoms with Gasteiger partial charge in [-0.1, -0.05) is 12.2 Å². The first-order valence-electron chi connectivity index (χ1n) is 4.26. The second kappa shape index (κ2) is 3.75. The average molecular weight is 188 g/mol. The van der Waals surface area contributed by atoms with Crippen molar-refractivity contribution in [3.05, 3.63) is 12.2 Å². The van der Waals surface area contributed by atoms with Crippen LogP contribution >= 0.6 is 0 Å². The Labute approximate surface area is 77.8 Å². The summed E-state index contributed by atoms with van der Waals surface area (Å²) in [6.07, 6.45) is 2.98. The van der Waals surface area contributed by atoms with Crippen molar-refractivity contribution in [3.63, 3.8) is 0 Å². The molecule has 1 heterocycles. The van der Waals surface area contributed by atoms with Crippen LogP contribution in [0.25, 0.3) is 0 Å². The van der Waals surface area contributed by atoms with E-state index >= 15 is 0 Å². The molecule has 0 amide bonds. The molecule has 4 nitrogen and oxygen atoms in total. The molecule has 0 saturated carbocycles. The normalized spacial score (nSPS) is 26.5. The smallest absolute Gasteiger partial charge is 0.163 e. The summed E-state index contributed by atoms with van der Waals surface area (Å²) >= 11 is 0. The van der Waals surface area contributed by atoms with Gasteiger partial charge in [0.15, 0.2) is 5.79 Å². The SMILES string of the molecule is CC1(C)OCC(O)(/C=C/CO)CO1. The van der Waals surface area contributed by atoms with Gasteiger partial charge < -0.3 is 19.7 Å². The minimum Gasteiger partial charge on any atom is -0.392 e. The number of hydrogen-bond acceptors (Lipinski definition) is 4. The van der Waals surface area contributed by atoms with Crippen molar-refractivity contribution in [2.45, 2.75) is 25.2 Å². The minimum atomic E-state index is -1.10. The molecule has 0 aliphatic carbocycles. The number of ether oxygens (including phenoxy) is 2. The Morgan fingerprint density at radius 3 is 2.31 bits per heavy atom. The van der Waals surface area contributed by atoms with Crippen LogP contribution in [0.5, 0.6) is 0 Å². The Morgan fingerprint density at radius 1 is 1.31 bits per heavy atom. The van der Waals surface area contributed by atoms with Gasteiger partial charge in [0.05, 0.1) is 19.8 Å². The topological polar surface area (TPSA) is 58.9 Å². The van der Waals surface area contributed by atoms with Crippen molar-refractivity contribution < 1.29 is 19.7 Å². The molecule has 1 aliphatic heterocycles. The molecule has 0 aromatic heterocycles. The Bertz CT molecular complexity index is 188. The van der Waals surface area contributed by atoms with Crippen LogP contribution in [0.1, 0.15) is 13.8 Å². The molecule has 0 aromatic rings. The maximum absolute atomic E-state index is 9.79. The van der Waals surface area contributed by atoms with Gasteiger partial charge in [-0.25, -0.2) is 0 Å². The summed E-state index contributed by atoms with van der Waals surface area (Å²) < 4.78 is 10.5. The van der Waals surface area contributed by atoms with Gasteiger partial charge in [0.25, 0.3) is 0 Å². The van der Waals surface area contributed by atoms with E-state index in [2.05, 4.69) is 0 Å². The van der Waals surface area contributed by atoms with E-state index in [-0.39, 0.29) is 19.8 Å². The zero-order valence-corrected chi connectivity index (χ0v) is 7.99. The summed E-state index contributed by atoms with van der Waals surface area (Å²) in [7, 11) is 0. The zero-order chi connectivity index (χ0) is 9.95. The van der Waals surface area contributed by atoms with Crippen molar-refractivity contribution in [2.24, 2.45) is 0 Å². The lowest BCUT2D eigenvalue weighted by molar-refractivity contribution is -0.290. The number of aliphatic hydroxyl groups excluding tert-OH is 1. The highest BCUT2D eigenvalue weighted by Gasteiger charge is 2.36. The standard InChI is InChI=1S/C9H16O4/c1-8(2)12-6-9(11,7-13-8)4-3-5-10/h3-4,10-11H,5-7H2,1-2H3/b4-3+. The van der Waals surface area contributed by atoms with Crippen LogP contribution < -0.4 is 0 Å². The van der Waals surface area contributed by atoms with Gasteiger partial charge in [-0.2, -0.15) is 0 Å². The molecule has 0 unspecified atom stereocenters. The van der Waals surface area contributed by atoms with Gasteiger partial charge in [-0.15, -0.1) is 0 Å². The molecule has 2 N–H and O–H groups in total. The van der Waals surface area contributed by atoms with Gasteiger partial charge >= 0.3 is 0 Å². The fourth-order valence-electron chi connectivity index (χ4n) is 1.05. The number of aliphatic hydroxyl groups is 2. The molecule has 1 fully saturated rings. The fourth-order valence-corrected chi connectivity index (χ4v) is 1.05. The van der Waals surface area contributed by atoms with E-state index in [4.69, 9.17) is 14.6 Å². The molecule has 76 valence electrons. The first kappa shape index (κ1) is 10.7. The van der Waals surface area contributed by atoms with Gasteiger partial charge in [0.1, 0.15) is 5.60 Å². The molecule has 0 atom stereocenters. The van der Waals surface area contributed by atoms with E-state index < -0.39 is 11.4 Å². The van der Waals surface area contributed by atoms with Crippen LogP contribution in [0.2, 0.25) is 0 Å².